The minimum absolute atomic E-state index is 0.124. The Morgan fingerprint density at radius 1 is 1.42 bits per heavy atom. The number of carbonyl (C=O) groups excluding carboxylic acids is 2. The number of likely N-dealkylation sites (N-methyl/N-ethyl adjacent to an activating group) is 1. The van der Waals surface area contributed by atoms with E-state index in [9.17, 15) is 9.59 Å². The summed E-state index contributed by atoms with van der Waals surface area (Å²) in [6.45, 7) is 3.28. The number of amides is 3. The fraction of sp³-hybridized carbons (Fsp3) is 0.588. The second-order valence-electron chi connectivity index (χ2n) is 6.73. The van der Waals surface area contributed by atoms with Crippen molar-refractivity contribution in [3.8, 4) is 0 Å². The molecule has 7 heteroatoms. The second-order valence-corrected chi connectivity index (χ2v) is 6.73. The molecule has 0 bridgehead atoms. The quantitative estimate of drug-likeness (QED) is 0.772. The lowest BCUT2D eigenvalue weighted by molar-refractivity contribution is -0.125. The average Bonchev–Trinajstić information content (AvgIpc) is 3.09. The molecule has 2 aliphatic heterocycles. The van der Waals surface area contributed by atoms with Gasteiger partial charge in [0.2, 0.25) is 5.91 Å². The number of pyridine rings is 1. The summed E-state index contributed by atoms with van der Waals surface area (Å²) < 4.78 is 0. The topological polar surface area (TPSA) is 68.8 Å². The van der Waals surface area contributed by atoms with Crippen LogP contribution in [0.1, 0.15) is 18.0 Å². The molecule has 0 saturated carbocycles. The third kappa shape index (κ3) is 3.57. The highest BCUT2D eigenvalue weighted by Crippen LogP contribution is 2.35. The van der Waals surface area contributed by atoms with E-state index in [1.54, 1.807) is 6.20 Å². The molecule has 2 atom stereocenters. The number of hydrogen-bond acceptors (Lipinski definition) is 5. The first-order chi connectivity index (χ1) is 11.6. The lowest BCUT2D eigenvalue weighted by atomic mass is 9.94. The van der Waals surface area contributed by atoms with Gasteiger partial charge in [0.25, 0.3) is 0 Å². The van der Waals surface area contributed by atoms with Crippen molar-refractivity contribution in [2.45, 2.75) is 12.5 Å². The van der Waals surface area contributed by atoms with Crippen molar-refractivity contribution in [1.82, 2.24) is 25.0 Å². The van der Waals surface area contributed by atoms with Crippen molar-refractivity contribution in [3.05, 3.63) is 30.1 Å². The van der Waals surface area contributed by atoms with Crippen molar-refractivity contribution < 1.29 is 9.59 Å². The van der Waals surface area contributed by atoms with Gasteiger partial charge in [-0.05, 0) is 44.6 Å². The molecule has 0 aromatic carbocycles. The van der Waals surface area contributed by atoms with E-state index in [0.29, 0.717) is 25.0 Å². The van der Waals surface area contributed by atoms with Crippen LogP contribution in [0.3, 0.4) is 0 Å². The molecule has 1 aromatic heterocycles. The third-order valence-electron chi connectivity index (χ3n) is 4.99. The van der Waals surface area contributed by atoms with Crippen molar-refractivity contribution in [2.75, 3.05) is 46.8 Å². The molecule has 3 rings (SSSR count). The molecule has 24 heavy (non-hydrogen) atoms. The fourth-order valence-corrected chi connectivity index (χ4v) is 3.74. The van der Waals surface area contributed by atoms with Gasteiger partial charge in [-0.3, -0.25) is 19.6 Å². The van der Waals surface area contributed by atoms with Crippen LogP contribution in [0.4, 0.5) is 4.79 Å². The zero-order valence-corrected chi connectivity index (χ0v) is 14.3. The summed E-state index contributed by atoms with van der Waals surface area (Å²) in [5, 5.41) is 2.56. The van der Waals surface area contributed by atoms with Gasteiger partial charge in [-0.25, -0.2) is 4.79 Å². The molecule has 0 unspecified atom stereocenters. The number of urea groups is 1. The Bertz CT molecular complexity index is 578. The Kier molecular flexibility index (Phi) is 5.11. The lowest BCUT2D eigenvalue weighted by Crippen LogP contribution is -2.39. The Morgan fingerprint density at radius 2 is 2.25 bits per heavy atom. The molecule has 3 amide bonds. The lowest BCUT2D eigenvalue weighted by Gasteiger charge is -2.29. The van der Waals surface area contributed by atoms with Gasteiger partial charge in [0.05, 0.1) is 6.54 Å². The molecule has 2 aliphatic rings. The van der Waals surface area contributed by atoms with E-state index < -0.39 is 0 Å². The third-order valence-corrected chi connectivity index (χ3v) is 4.99. The Balaban J connectivity index is 1.56. The molecule has 7 nitrogen and oxygen atoms in total. The smallest absolute Gasteiger partial charge is 0.324 e. The van der Waals surface area contributed by atoms with Crippen LogP contribution in [-0.4, -0.2) is 78.4 Å². The minimum Gasteiger partial charge on any atom is -0.329 e. The van der Waals surface area contributed by atoms with Crippen LogP contribution in [0.2, 0.25) is 0 Å². The molecule has 3 heterocycles. The molecular formula is C17H25N5O2. The standard InChI is InChI=1S/C17H25N5O2/c1-20(8-9-22-15(23)11-19-17(22)24)12-14-5-7-21(2)16(14)13-4-3-6-18-10-13/h3-4,6,10,14,16H,5,7-9,11-12H2,1-2H3,(H,19,24)/t14-,16-/m0/s1. The molecule has 1 aromatic rings. The Labute approximate surface area is 142 Å². The first-order valence-electron chi connectivity index (χ1n) is 8.43. The van der Waals surface area contributed by atoms with Crippen molar-refractivity contribution in [3.63, 3.8) is 0 Å². The predicted molar refractivity (Wildman–Crippen MR) is 90.3 cm³/mol. The van der Waals surface area contributed by atoms with E-state index in [4.69, 9.17) is 0 Å². The first kappa shape index (κ1) is 16.9. The summed E-state index contributed by atoms with van der Waals surface area (Å²) in [5.41, 5.74) is 1.25. The molecule has 0 aliphatic carbocycles. The monoisotopic (exact) mass is 331 g/mol. The summed E-state index contributed by atoms with van der Waals surface area (Å²) in [7, 11) is 4.21. The maximum atomic E-state index is 11.6. The number of carbonyl (C=O) groups is 2. The number of likely N-dealkylation sites (tertiary alicyclic amines) is 1. The molecule has 0 radical (unpaired) electrons. The number of imide groups is 1. The molecule has 130 valence electrons. The van der Waals surface area contributed by atoms with Crippen LogP contribution in [0, 0.1) is 5.92 Å². The predicted octanol–water partition coefficient (Wildman–Crippen LogP) is 0.558. The number of rotatable bonds is 6. The fourth-order valence-electron chi connectivity index (χ4n) is 3.74. The summed E-state index contributed by atoms with van der Waals surface area (Å²) in [6.07, 6.45) is 4.90. The van der Waals surface area contributed by atoms with Crippen molar-refractivity contribution in [1.29, 1.82) is 0 Å². The van der Waals surface area contributed by atoms with Gasteiger partial charge in [-0.1, -0.05) is 6.07 Å². The van der Waals surface area contributed by atoms with Gasteiger partial charge in [-0.15, -0.1) is 0 Å². The van der Waals surface area contributed by atoms with E-state index in [0.717, 1.165) is 19.5 Å². The van der Waals surface area contributed by atoms with Gasteiger partial charge in [0.1, 0.15) is 0 Å². The number of nitrogens with one attached hydrogen (secondary N) is 1. The summed E-state index contributed by atoms with van der Waals surface area (Å²) in [5.74, 6) is 0.384. The number of aromatic nitrogens is 1. The van der Waals surface area contributed by atoms with Gasteiger partial charge in [-0.2, -0.15) is 0 Å². The molecular weight excluding hydrogens is 306 g/mol. The van der Waals surface area contributed by atoms with Gasteiger partial charge < -0.3 is 10.2 Å². The maximum Gasteiger partial charge on any atom is 0.324 e. The van der Waals surface area contributed by atoms with E-state index in [1.165, 1.54) is 10.5 Å². The van der Waals surface area contributed by atoms with Crippen LogP contribution in [0.25, 0.3) is 0 Å². The molecule has 2 saturated heterocycles. The van der Waals surface area contributed by atoms with Crippen molar-refractivity contribution >= 4 is 11.9 Å². The maximum absolute atomic E-state index is 11.6. The molecule has 1 N–H and O–H groups in total. The Hall–Kier alpha value is -1.99. The summed E-state index contributed by atoms with van der Waals surface area (Å²) in [4.78, 5) is 33.4. The summed E-state index contributed by atoms with van der Waals surface area (Å²) in [6, 6.07) is 4.22. The Morgan fingerprint density at radius 3 is 2.92 bits per heavy atom. The SMILES string of the molecule is CN(CCN1C(=O)CNC1=O)C[C@@H]1CCN(C)[C@H]1c1cccnc1. The van der Waals surface area contributed by atoms with Crippen LogP contribution in [-0.2, 0) is 4.79 Å². The number of nitrogens with zero attached hydrogens (tertiary/aromatic N) is 4. The van der Waals surface area contributed by atoms with Crippen LogP contribution in [0.15, 0.2) is 24.5 Å². The molecule has 2 fully saturated rings. The normalized spacial score (nSPS) is 24.9. The van der Waals surface area contributed by atoms with Crippen LogP contribution >= 0.6 is 0 Å². The van der Waals surface area contributed by atoms with Crippen LogP contribution < -0.4 is 5.32 Å². The highest BCUT2D eigenvalue weighted by Gasteiger charge is 2.34. The highest BCUT2D eigenvalue weighted by atomic mass is 16.2. The van der Waals surface area contributed by atoms with E-state index in [-0.39, 0.29) is 18.5 Å². The number of hydrogen-bond donors (Lipinski definition) is 1. The second kappa shape index (κ2) is 7.27. The summed E-state index contributed by atoms with van der Waals surface area (Å²) >= 11 is 0. The zero-order chi connectivity index (χ0) is 17.1. The van der Waals surface area contributed by atoms with Gasteiger partial charge >= 0.3 is 6.03 Å². The zero-order valence-electron chi connectivity index (χ0n) is 14.3. The minimum atomic E-state index is -0.276. The first-order valence-corrected chi connectivity index (χ1v) is 8.43. The van der Waals surface area contributed by atoms with Crippen LogP contribution in [0.5, 0.6) is 0 Å². The average molecular weight is 331 g/mol. The van der Waals surface area contributed by atoms with E-state index >= 15 is 0 Å². The molecule has 0 spiro atoms. The van der Waals surface area contributed by atoms with E-state index in [2.05, 4.69) is 40.3 Å². The highest BCUT2D eigenvalue weighted by molar-refractivity contribution is 6.01. The van der Waals surface area contributed by atoms with Gasteiger partial charge in [0.15, 0.2) is 0 Å². The van der Waals surface area contributed by atoms with Crippen molar-refractivity contribution in [2.24, 2.45) is 5.92 Å². The van der Waals surface area contributed by atoms with E-state index in [1.807, 2.05) is 12.3 Å². The largest absolute Gasteiger partial charge is 0.329 e. The van der Waals surface area contributed by atoms with Gasteiger partial charge in [0, 0.05) is 38.1 Å².